The number of morpholine rings is 1. The molecule has 2 heterocycles. The average molecular weight is 322 g/mol. The fourth-order valence-corrected chi connectivity index (χ4v) is 3.50. The molecule has 0 spiro atoms. The van der Waals surface area contributed by atoms with Gasteiger partial charge in [-0.15, -0.1) is 11.3 Å². The highest BCUT2D eigenvalue weighted by atomic mass is 32.1. The van der Waals surface area contributed by atoms with E-state index < -0.39 is 0 Å². The van der Waals surface area contributed by atoms with Gasteiger partial charge in [0.05, 0.1) is 24.5 Å². The van der Waals surface area contributed by atoms with Crippen molar-refractivity contribution in [1.82, 2.24) is 4.98 Å². The molecule has 118 valence electrons. The number of hydrogen-bond donors (Lipinski definition) is 0. The molecule has 1 fully saturated rings. The quantitative estimate of drug-likeness (QED) is 0.866. The molecule has 0 N–H and O–H groups in total. The summed E-state index contributed by atoms with van der Waals surface area (Å²) in [5.74, 6) is -0.233. The molecule has 3 rings (SSSR count). The average Bonchev–Trinajstić information content (AvgIpc) is 2.97. The summed E-state index contributed by atoms with van der Waals surface area (Å²) >= 11 is 1.60. The van der Waals surface area contributed by atoms with Crippen LogP contribution in [0, 0.1) is 5.82 Å². The Morgan fingerprint density at radius 1 is 1.36 bits per heavy atom. The largest absolute Gasteiger partial charge is 0.382 e. The van der Waals surface area contributed by atoms with E-state index in [1.807, 2.05) is 5.38 Å². The van der Waals surface area contributed by atoms with E-state index in [0.29, 0.717) is 6.61 Å². The first kappa shape index (κ1) is 15.4. The third-order valence-electron chi connectivity index (χ3n) is 3.58. The number of benzene rings is 1. The Morgan fingerprint density at radius 2 is 2.14 bits per heavy atom. The van der Waals surface area contributed by atoms with Crippen molar-refractivity contribution in [3.05, 3.63) is 35.5 Å². The van der Waals surface area contributed by atoms with Gasteiger partial charge in [-0.2, -0.15) is 0 Å². The van der Waals surface area contributed by atoms with E-state index in [0.717, 1.165) is 29.5 Å². The number of thiazole rings is 1. The Hall–Kier alpha value is -1.50. The van der Waals surface area contributed by atoms with Crippen molar-refractivity contribution < 1.29 is 13.9 Å². The molecule has 6 heteroatoms. The lowest BCUT2D eigenvalue weighted by molar-refractivity contribution is -0.0510. The predicted molar refractivity (Wildman–Crippen MR) is 85.9 cm³/mol. The first-order valence-electron chi connectivity index (χ1n) is 7.26. The highest BCUT2D eigenvalue weighted by Crippen LogP contribution is 2.29. The van der Waals surface area contributed by atoms with Crippen LogP contribution in [0.4, 0.5) is 9.52 Å². The fraction of sp³-hybridized carbons (Fsp3) is 0.438. The fourth-order valence-electron chi connectivity index (χ4n) is 2.64. The van der Waals surface area contributed by atoms with Gasteiger partial charge in [0, 0.05) is 31.1 Å². The van der Waals surface area contributed by atoms with Gasteiger partial charge >= 0.3 is 0 Å². The molecule has 2 aromatic rings. The van der Waals surface area contributed by atoms with Crippen LogP contribution in [0.5, 0.6) is 0 Å². The third-order valence-corrected chi connectivity index (χ3v) is 4.48. The second kappa shape index (κ2) is 6.73. The van der Waals surface area contributed by atoms with Crippen molar-refractivity contribution in [3.8, 4) is 11.3 Å². The predicted octanol–water partition coefficient (Wildman–Crippen LogP) is 3.19. The smallest absolute Gasteiger partial charge is 0.186 e. The van der Waals surface area contributed by atoms with Gasteiger partial charge < -0.3 is 14.4 Å². The summed E-state index contributed by atoms with van der Waals surface area (Å²) in [6.45, 7) is 4.23. The monoisotopic (exact) mass is 322 g/mol. The summed E-state index contributed by atoms with van der Waals surface area (Å²) in [6, 6.07) is 6.42. The summed E-state index contributed by atoms with van der Waals surface area (Å²) in [5, 5.41) is 2.98. The van der Waals surface area contributed by atoms with E-state index in [2.05, 4.69) is 16.8 Å². The van der Waals surface area contributed by atoms with Crippen LogP contribution in [-0.4, -0.2) is 44.0 Å². The maximum Gasteiger partial charge on any atom is 0.186 e. The molecule has 0 radical (unpaired) electrons. The molecule has 2 unspecified atom stereocenters. The SMILES string of the molecule is COCC1CN(c2nc(-c3ccc(F)cc3)cs2)CC(C)O1. The van der Waals surface area contributed by atoms with Crippen LogP contribution in [0.3, 0.4) is 0 Å². The molecule has 0 saturated carbocycles. The summed E-state index contributed by atoms with van der Waals surface area (Å²) in [7, 11) is 1.68. The van der Waals surface area contributed by atoms with Gasteiger partial charge in [0.15, 0.2) is 5.13 Å². The van der Waals surface area contributed by atoms with Crippen LogP contribution in [0.2, 0.25) is 0 Å². The molecule has 1 aromatic carbocycles. The minimum atomic E-state index is -0.233. The summed E-state index contributed by atoms with van der Waals surface area (Å²) in [6.07, 6.45) is 0.207. The molecule has 22 heavy (non-hydrogen) atoms. The number of aromatic nitrogens is 1. The lowest BCUT2D eigenvalue weighted by atomic mass is 10.2. The van der Waals surface area contributed by atoms with Crippen LogP contribution in [-0.2, 0) is 9.47 Å². The van der Waals surface area contributed by atoms with Gasteiger partial charge in [-0.1, -0.05) is 0 Å². The third kappa shape index (κ3) is 3.45. The van der Waals surface area contributed by atoms with Crippen LogP contribution in [0.15, 0.2) is 29.6 Å². The van der Waals surface area contributed by atoms with Crippen molar-refractivity contribution in [2.24, 2.45) is 0 Å². The number of rotatable bonds is 4. The van der Waals surface area contributed by atoms with Crippen molar-refractivity contribution in [2.75, 3.05) is 31.7 Å². The molecular weight excluding hydrogens is 303 g/mol. The van der Waals surface area contributed by atoms with Crippen molar-refractivity contribution >= 4 is 16.5 Å². The number of hydrogen-bond acceptors (Lipinski definition) is 5. The van der Waals surface area contributed by atoms with E-state index in [9.17, 15) is 4.39 Å². The molecule has 1 saturated heterocycles. The maximum atomic E-state index is 13.0. The van der Waals surface area contributed by atoms with Crippen molar-refractivity contribution in [2.45, 2.75) is 19.1 Å². The summed E-state index contributed by atoms with van der Waals surface area (Å²) < 4.78 is 24.1. The van der Waals surface area contributed by atoms with Gasteiger partial charge in [-0.25, -0.2) is 9.37 Å². The van der Waals surface area contributed by atoms with Gasteiger partial charge in [0.1, 0.15) is 5.82 Å². The number of anilines is 1. The van der Waals surface area contributed by atoms with Crippen LogP contribution in [0.1, 0.15) is 6.92 Å². The summed E-state index contributed by atoms with van der Waals surface area (Å²) in [5.41, 5.74) is 1.81. The summed E-state index contributed by atoms with van der Waals surface area (Å²) in [4.78, 5) is 6.92. The molecule has 1 aliphatic rings. The molecule has 1 aromatic heterocycles. The van der Waals surface area contributed by atoms with E-state index >= 15 is 0 Å². The zero-order valence-electron chi connectivity index (χ0n) is 12.7. The number of halogens is 1. The maximum absolute atomic E-state index is 13.0. The van der Waals surface area contributed by atoms with E-state index in [-0.39, 0.29) is 18.0 Å². The molecule has 4 nitrogen and oxygen atoms in total. The van der Waals surface area contributed by atoms with Crippen LogP contribution in [0.25, 0.3) is 11.3 Å². The topological polar surface area (TPSA) is 34.6 Å². The van der Waals surface area contributed by atoms with Gasteiger partial charge in [-0.05, 0) is 31.2 Å². The van der Waals surface area contributed by atoms with Crippen LogP contribution >= 0.6 is 11.3 Å². The normalized spacial score (nSPS) is 22.0. The lowest BCUT2D eigenvalue weighted by Crippen LogP contribution is -2.48. The molecule has 0 amide bonds. The Kier molecular flexibility index (Phi) is 4.71. The Balaban J connectivity index is 1.76. The van der Waals surface area contributed by atoms with E-state index in [1.165, 1.54) is 12.1 Å². The minimum absolute atomic E-state index is 0.0620. The van der Waals surface area contributed by atoms with Gasteiger partial charge in [0.2, 0.25) is 0 Å². The van der Waals surface area contributed by atoms with E-state index in [1.54, 1.807) is 30.6 Å². The molecule has 1 aliphatic heterocycles. The Labute approximate surface area is 133 Å². The van der Waals surface area contributed by atoms with E-state index in [4.69, 9.17) is 9.47 Å². The second-order valence-electron chi connectivity index (χ2n) is 5.45. The van der Waals surface area contributed by atoms with Gasteiger partial charge in [-0.3, -0.25) is 0 Å². The lowest BCUT2D eigenvalue weighted by Gasteiger charge is -2.36. The minimum Gasteiger partial charge on any atom is -0.382 e. The molecular formula is C16H19FN2O2S. The van der Waals surface area contributed by atoms with Crippen LogP contribution < -0.4 is 4.90 Å². The first-order chi connectivity index (χ1) is 10.7. The highest BCUT2D eigenvalue weighted by molar-refractivity contribution is 7.14. The highest BCUT2D eigenvalue weighted by Gasteiger charge is 2.27. The molecule has 0 bridgehead atoms. The zero-order valence-corrected chi connectivity index (χ0v) is 13.5. The van der Waals surface area contributed by atoms with Crippen molar-refractivity contribution in [3.63, 3.8) is 0 Å². The molecule has 0 aliphatic carbocycles. The number of nitrogens with zero attached hydrogens (tertiary/aromatic N) is 2. The number of methoxy groups -OCH3 is 1. The Morgan fingerprint density at radius 3 is 2.86 bits per heavy atom. The Bertz CT molecular complexity index is 617. The van der Waals surface area contributed by atoms with Crippen molar-refractivity contribution in [1.29, 1.82) is 0 Å². The second-order valence-corrected chi connectivity index (χ2v) is 6.29. The number of ether oxygens (including phenoxy) is 2. The zero-order chi connectivity index (χ0) is 15.5. The standard InChI is InChI=1S/C16H19FN2O2S/c1-11-7-19(8-14(21-11)9-20-2)16-18-15(10-22-16)12-3-5-13(17)6-4-12/h3-6,10-11,14H,7-9H2,1-2H3. The van der Waals surface area contributed by atoms with Gasteiger partial charge in [0.25, 0.3) is 0 Å². The first-order valence-corrected chi connectivity index (χ1v) is 8.14. The molecule has 2 atom stereocenters.